The van der Waals surface area contributed by atoms with E-state index in [1.165, 1.54) is 54.8 Å². The fourth-order valence-corrected chi connectivity index (χ4v) is 7.18. The average molecular weight is 613 g/mol. The second-order valence-corrected chi connectivity index (χ2v) is 12.2. The van der Waals surface area contributed by atoms with Crippen LogP contribution in [0, 0.1) is 0 Å². The molecule has 2 heteroatoms. The molecule has 0 amide bonds. The molecule has 1 heterocycles. The van der Waals surface area contributed by atoms with Crippen LogP contribution in [0.2, 0.25) is 0 Å². The van der Waals surface area contributed by atoms with Crippen molar-refractivity contribution in [3.8, 4) is 27.9 Å². The second-order valence-electron chi connectivity index (χ2n) is 12.2. The molecule has 0 radical (unpaired) electrons. The Morgan fingerprint density at radius 2 is 0.958 bits per heavy atom. The minimum Gasteiger partial charge on any atom is -0.310 e. The standard InChI is InChI=1S/C46H32N2/c1-4-16-34(17-5-1)40-23-12-13-25-43(40)47(38-28-27-33-15-10-11-20-36(33)31-38)39-29-30-44-42(32-39)46-41(35-18-6-2-7-19-35)24-14-26-45(46)48(44)37-21-8-3-9-22-37/h1-32H. The second kappa shape index (κ2) is 11.8. The van der Waals surface area contributed by atoms with Crippen LogP contribution in [0.1, 0.15) is 0 Å². The Balaban J connectivity index is 1.36. The van der Waals surface area contributed by atoms with Gasteiger partial charge < -0.3 is 9.47 Å². The van der Waals surface area contributed by atoms with Gasteiger partial charge in [-0.25, -0.2) is 0 Å². The maximum absolute atomic E-state index is 2.42. The molecule has 2 nitrogen and oxygen atoms in total. The van der Waals surface area contributed by atoms with Crippen LogP contribution in [-0.2, 0) is 0 Å². The smallest absolute Gasteiger partial charge is 0.0547 e. The van der Waals surface area contributed by atoms with E-state index >= 15 is 0 Å². The summed E-state index contributed by atoms with van der Waals surface area (Å²) in [4.78, 5) is 2.42. The van der Waals surface area contributed by atoms with Gasteiger partial charge in [0.15, 0.2) is 0 Å². The van der Waals surface area contributed by atoms with Gasteiger partial charge >= 0.3 is 0 Å². The summed E-state index contributed by atoms with van der Waals surface area (Å²) in [6, 6.07) is 69.9. The summed E-state index contributed by atoms with van der Waals surface area (Å²) in [7, 11) is 0. The summed E-state index contributed by atoms with van der Waals surface area (Å²) < 4.78 is 2.40. The molecule has 0 unspecified atom stereocenters. The molecule has 0 aliphatic rings. The van der Waals surface area contributed by atoms with E-state index < -0.39 is 0 Å². The van der Waals surface area contributed by atoms with E-state index in [-0.39, 0.29) is 0 Å². The van der Waals surface area contributed by atoms with Crippen LogP contribution in [-0.4, -0.2) is 4.57 Å². The van der Waals surface area contributed by atoms with Gasteiger partial charge in [-0.3, -0.25) is 0 Å². The number of anilines is 3. The molecule has 0 aliphatic heterocycles. The maximum Gasteiger partial charge on any atom is 0.0547 e. The highest BCUT2D eigenvalue weighted by molar-refractivity contribution is 6.17. The molecular formula is C46H32N2. The quantitative estimate of drug-likeness (QED) is 0.181. The molecular weight excluding hydrogens is 581 g/mol. The van der Waals surface area contributed by atoms with Gasteiger partial charge in [0, 0.05) is 33.4 Å². The summed E-state index contributed by atoms with van der Waals surface area (Å²) in [5, 5.41) is 4.91. The Hall–Kier alpha value is -6.38. The molecule has 0 saturated carbocycles. The number of fused-ring (bicyclic) bond motifs is 4. The van der Waals surface area contributed by atoms with Crippen molar-refractivity contribution in [1.82, 2.24) is 4.57 Å². The maximum atomic E-state index is 2.42. The lowest BCUT2D eigenvalue weighted by atomic mass is 9.98. The topological polar surface area (TPSA) is 8.17 Å². The van der Waals surface area contributed by atoms with Gasteiger partial charge in [0.2, 0.25) is 0 Å². The van der Waals surface area contributed by atoms with E-state index in [0.717, 1.165) is 22.7 Å². The zero-order valence-corrected chi connectivity index (χ0v) is 26.4. The minimum atomic E-state index is 1.11. The largest absolute Gasteiger partial charge is 0.310 e. The van der Waals surface area contributed by atoms with Crippen LogP contribution in [0.25, 0.3) is 60.5 Å². The molecule has 48 heavy (non-hydrogen) atoms. The fraction of sp³-hybridized carbons (Fsp3) is 0. The van der Waals surface area contributed by atoms with Gasteiger partial charge in [0.1, 0.15) is 0 Å². The van der Waals surface area contributed by atoms with Crippen molar-refractivity contribution in [3.05, 3.63) is 194 Å². The number of rotatable bonds is 6. The molecule has 9 rings (SSSR count). The van der Waals surface area contributed by atoms with Crippen molar-refractivity contribution in [2.45, 2.75) is 0 Å². The SMILES string of the molecule is c1ccc(-c2ccccc2N(c2ccc3ccccc3c2)c2ccc3c(c2)c2c(-c4ccccc4)cccc2n3-c2ccccc2)cc1. The van der Waals surface area contributed by atoms with Gasteiger partial charge in [-0.15, -0.1) is 0 Å². The third kappa shape index (κ3) is 4.74. The monoisotopic (exact) mass is 612 g/mol. The van der Waals surface area contributed by atoms with Crippen molar-refractivity contribution < 1.29 is 0 Å². The Bertz CT molecular complexity index is 2550. The van der Waals surface area contributed by atoms with Crippen molar-refractivity contribution in [2.24, 2.45) is 0 Å². The Morgan fingerprint density at radius 1 is 0.375 bits per heavy atom. The molecule has 0 atom stereocenters. The molecule has 1 aromatic heterocycles. The lowest BCUT2D eigenvalue weighted by molar-refractivity contribution is 1.18. The molecule has 0 bridgehead atoms. The number of para-hydroxylation sites is 2. The van der Waals surface area contributed by atoms with E-state index in [2.05, 4.69) is 204 Å². The van der Waals surface area contributed by atoms with Crippen molar-refractivity contribution in [1.29, 1.82) is 0 Å². The Labute approximate surface area is 280 Å². The first-order valence-electron chi connectivity index (χ1n) is 16.4. The Morgan fingerprint density at radius 3 is 1.73 bits per heavy atom. The predicted octanol–water partition coefficient (Wildman–Crippen LogP) is 12.7. The van der Waals surface area contributed by atoms with Gasteiger partial charge in [-0.05, 0) is 82.1 Å². The third-order valence-corrected chi connectivity index (χ3v) is 9.35. The summed E-state index contributed by atoms with van der Waals surface area (Å²) >= 11 is 0. The zero-order valence-electron chi connectivity index (χ0n) is 26.4. The summed E-state index contributed by atoms with van der Waals surface area (Å²) in [5.41, 5.74) is 11.7. The van der Waals surface area contributed by atoms with E-state index in [9.17, 15) is 0 Å². The zero-order chi connectivity index (χ0) is 31.9. The Kier molecular flexibility index (Phi) is 6.84. The highest BCUT2D eigenvalue weighted by Crippen LogP contribution is 2.45. The number of hydrogen-bond donors (Lipinski definition) is 0. The number of nitrogens with zero attached hydrogens (tertiary/aromatic N) is 2. The minimum absolute atomic E-state index is 1.11. The van der Waals surface area contributed by atoms with E-state index in [1.54, 1.807) is 0 Å². The molecule has 0 N–H and O–H groups in total. The fourth-order valence-electron chi connectivity index (χ4n) is 7.18. The molecule has 0 spiro atoms. The van der Waals surface area contributed by atoms with Crippen LogP contribution >= 0.6 is 0 Å². The summed E-state index contributed by atoms with van der Waals surface area (Å²) in [6.45, 7) is 0. The predicted molar refractivity (Wildman–Crippen MR) is 204 cm³/mol. The van der Waals surface area contributed by atoms with Crippen LogP contribution in [0.15, 0.2) is 194 Å². The molecule has 9 aromatic rings. The van der Waals surface area contributed by atoms with Gasteiger partial charge in [-0.1, -0.05) is 140 Å². The molecule has 8 aromatic carbocycles. The molecule has 226 valence electrons. The molecule has 0 saturated heterocycles. The summed E-state index contributed by atoms with van der Waals surface area (Å²) in [6.07, 6.45) is 0. The normalized spacial score (nSPS) is 11.3. The highest BCUT2D eigenvalue weighted by Gasteiger charge is 2.21. The van der Waals surface area contributed by atoms with E-state index in [1.807, 2.05) is 0 Å². The van der Waals surface area contributed by atoms with Crippen LogP contribution < -0.4 is 4.90 Å². The van der Waals surface area contributed by atoms with Crippen LogP contribution in [0.3, 0.4) is 0 Å². The summed E-state index contributed by atoms with van der Waals surface area (Å²) in [5.74, 6) is 0. The van der Waals surface area contributed by atoms with Gasteiger partial charge in [0.05, 0.1) is 16.7 Å². The first-order valence-corrected chi connectivity index (χ1v) is 16.4. The average Bonchev–Trinajstić information content (AvgIpc) is 3.50. The molecule has 0 aliphatic carbocycles. The van der Waals surface area contributed by atoms with E-state index in [4.69, 9.17) is 0 Å². The third-order valence-electron chi connectivity index (χ3n) is 9.35. The number of aromatic nitrogens is 1. The number of hydrogen-bond acceptors (Lipinski definition) is 1. The number of benzene rings is 8. The highest BCUT2D eigenvalue weighted by atomic mass is 15.1. The lowest BCUT2D eigenvalue weighted by Gasteiger charge is -2.28. The van der Waals surface area contributed by atoms with Crippen molar-refractivity contribution in [3.63, 3.8) is 0 Å². The van der Waals surface area contributed by atoms with Crippen molar-refractivity contribution in [2.75, 3.05) is 4.90 Å². The van der Waals surface area contributed by atoms with Crippen molar-refractivity contribution >= 4 is 49.6 Å². The van der Waals surface area contributed by atoms with Gasteiger partial charge in [0.25, 0.3) is 0 Å². The first-order chi connectivity index (χ1) is 23.8. The van der Waals surface area contributed by atoms with Crippen LogP contribution in [0.4, 0.5) is 17.1 Å². The lowest BCUT2D eigenvalue weighted by Crippen LogP contribution is -2.11. The van der Waals surface area contributed by atoms with Crippen LogP contribution in [0.5, 0.6) is 0 Å². The molecule has 0 fully saturated rings. The van der Waals surface area contributed by atoms with Gasteiger partial charge in [-0.2, -0.15) is 0 Å². The first kappa shape index (κ1) is 27.9. The van der Waals surface area contributed by atoms with E-state index in [0.29, 0.717) is 0 Å².